The van der Waals surface area contributed by atoms with Gasteiger partial charge in [0.15, 0.2) is 0 Å². The minimum absolute atomic E-state index is 0.201. The smallest absolute Gasteiger partial charge is 0.304 e. The molecule has 80 valence electrons. The van der Waals surface area contributed by atoms with Crippen molar-refractivity contribution >= 4 is 32.6 Å². The van der Waals surface area contributed by atoms with Crippen LogP contribution in [0.1, 0.15) is 19.8 Å². The third-order valence-electron chi connectivity index (χ3n) is 1.26. The number of carboxylic acid groups (broad SMARTS) is 1. The summed E-state index contributed by atoms with van der Waals surface area (Å²) in [5.41, 5.74) is 0. The molecule has 0 bridgehead atoms. The Kier molecular flexibility index (Phi) is 8.87. The first-order chi connectivity index (χ1) is 6.70. The van der Waals surface area contributed by atoms with E-state index in [2.05, 4.69) is 11.9 Å². The maximum absolute atomic E-state index is 10.2. The van der Waals surface area contributed by atoms with Crippen LogP contribution in [0, 0.1) is 0 Å². The molecule has 0 aliphatic carbocycles. The van der Waals surface area contributed by atoms with E-state index >= 15 is 0 Å². The van der Waals surface area contributed by atoms with E-state index in [0.29, 0.717) is 5.75 Å². The van der Waals surface area contributed by atoms with E-state index in [-0.39, 0.29) is 6.42 Å². The number of hydrogen-bond acceptors (Lipinski definition) is 4. The van der Waals surface area contributed by atoms with Crippen LogP contribution in [-0.2, 0) is 4.79 Å². The SMILES string of the molecule is CC/C=C\C(=NC)SSCCC(=O)O. The standard InChI is InChI=1S/C9H15NO2S2/c1-3-4-5-8(10-2)14-13-7-6-9(11)12/h4-5H,3,6-7H2,1-2H3,(H,11,12)/b5-4-,10-8?. The molecular weight excluding hydrogens is 218 g/mol. The predicted molar refractivity (Wildman–Crippen MR) is 65.1 cm³/mol. The molecule has 0 aromatic carbocycles. The fourth-order valence-electron chi connectivity index (χ4n) is 0.589. The molecule has 0 aliphatic heterocycles. The number of aliphatic imine (C=N–C) groups is 1. The third-order valence-corrected chi connectivity index (χ3v) is 3.60. The van der Waals surface area contributed by atoms with Crippen LogP contribution in [0.3, 0.4) is 0 Å². The van der Waals surface area contributed by atoms with E-state index in [1.165, 1.54) is 21.6 Å². The molecule has 0 fully saturated rings. The second-order valence-corrected chi connectivity index (χ2v) is 4.86. The van der Waals surface area contributed by atoms with Crippen LogP contribution in [0.15, 0.2) is 17.1 Å². The number of allylic oxidation sites excluding steroid dienone is 1. The average molecular weight is 233 g/mol. The summed E-state index contributed by atoms with van der Waals surface area (Å²) in [5, 5.41) is 9.34. The number of carbonyl (C=O) groups is 1. The number of carboxylic acids is 1. The van der Waals surface area contributed by atoms with Gasteiger partial charge in [-0.25, -0.2) is 0 Å². The summed E-state index contributed by atoms with van der Waals surface area (Å²) in [4.78, 5) is 14.3. The monoisotopic (exact) mass is 233 g/mol. The highest BCUT2D eigenvalue weighted by Gasteiger charge is 1.99. The van der Waals surface area contributed by atoms with Crippen LogP contribution < -0.4 is 0 Å². The largest absolute Gasteiger partial charge is 0.481 e. The lowest BCUT2D eigenvalue weighted by Crippen LogP contribution is -1.95. The molecule has 1 N–H and O–H groups in total. The van der Waals surface area contributed by atoms with Crippen molar-refractivity contribution in [2.75, 3.05) is 12.8 Å². The van der Waals surface area contributed by atoms with E-state index in [1.807, 2.05) is 12.2 Å². The van der Waals surface area contributed by atoms with Gasteiger partial charge in [0.05, 0.1) is 6.42 Å². The lowest BCUT2D eigenvalue weighted by atomic mass is 10.4. The van der Waals surface area contributed by atoms with E-state index in [1.54, 1.807) is 7.05 Å². The Morgan fingerprint density at radius 2 is 2.29 bits per heavy atom. The maximum Gasteiger partial charge on any atom is 0.304 e. The Hall–Kier alpha value is -0.420. The molecule has 0 atom stereocenters. The van der Waals surface area contributed by atoms with Gasteiger partial charge in [0.2, 0.25) is 0 Å². The summed E-state index contributed by atoms with van der Waals surface area (Å²) in [7, 11) is 4.77. The van der Waals surface area contributed by atoms with E-state index in [0.717, 1.165) is 11.5 Å². The normalized spacial score (nSPS) is 12.3. The molecule has 0 radical (unpaired) electrons. The molecule has 0 saturated heterocycles. The van der Waals surface area contributed by atoms with Crippen LogP contribution in [0.4, 0.5) is 0 Å². The van der Waals surface area contributed by atoms with Crippen LogP contribution >= 0.6 is 21.6 Å². The summed E-state index contributed by atoms with van der Waals surface area (Å²) in [6.07, 6.45) is 5.18. The first kappa shape index (κ1) is 13.6. The fraction of sp³-hybridized carbons (Fsp3) is 0.556. The van der Waals surface area contributed by atoms with E-state index < -0.39 is 5.97 Å². The molecule has 3 nitrogen and oxygen atoms in total. The molecule has 0 heterocycles. The Balaban J connectivity index is 3.64. The highest BCUT2D eigenvalue weighted by molar-refractivity contribution is 8.82. The number of aliphatic carboxylic acids is 1. The first-order valence-corrected chi connectivity index (χ1v) is 6.67. The number of hydrogen-bond donors (Lipinski definition) is 1. The molecule has 0 spiro atoms. The molecule has 0 aliphatic rings. The second-order valence-electron chi connectivity index (χ2n) is 2.42. The highest BCUT2D eigenvalue weighted by atomic mass is 33.1. The molecule has 0 aromatic rings. The zero-order valence-corrected chi connectivity index (χ0v) is 10.0. The van der Waals surface area contributed by atoms with E-state index in [9.17, 15) is 4.79 Å². The summed E-state index contributed by atoms with van der Waals surface area (Å²) in [6, 6.07) is 0. The quantitative estimate of drug-likeness (QED) is 0.332. The summed E-state index contributed by atoms with van der Waals surface area (Å²) < 4.78 is 0. The van der Waals surface area contributed by atoms with Crippen molar-refractivity contribution in [2.45, 2.75) is 19.8 Å². The topological polar surface area (TPSA) is 49.7 Å². The van der Waals surface area contributed by atoms with Gasteiger partial charge >= 0.3 is 5.97 Å². The van der Waals surface area contributed by atoms with Crippen molar-refractivity contribution < 1.29 is 9.90 Å². The summed E-state index contributed by atoms with van der Waals surface area (Å²) in [5.74, 6) is -0.142. The molecule has 0 unspecified atom stereocenters. The zero-order valence-electron chi connectivity index (χ0n) is 8.40. The van der Waals surface area contributed by atoms with Gasteiger partial charge in [-0.2, -0.15) is 0 Å². The molecule has 0 aromatic heterocycles. The highest BCUT2D eigenvalue weighted by Crippen LogP contribution is 2.24. The summed E-state index contributed by atoms with van der Waals surface area (Å²) in [6.45, 7) is 2.06. The predicted octanol–water partition coefficient (Wildman–Crippen LogP) is 2.84. The van der Waals surface area contributed by atoms with Crippen molar-refractivity contribution in [1.82, 2.24) is 0 Å². The first-order valence-electron chi connectivity index (χ1n) is 4.35. The molecule has 14 heavy (non-hydrogen) atoms. The van der Waals surface area contributed by atoms with Crippen LogP contribution in [-0.4, -0.2) is 28.9 Å². The van der Waals surface area contributed by atoms with Gasteiger partial charge in [0, 0.05) is 12.8 Å². The maximum atomic E-state index is 10.2. The Bertz CT molecular complexity index is 227. The lowest BCUT2D eigenvalue weighted by molar-refractivity contribution is -0.136. The molecule has 0 rings (SSSR count). The third kappa shape index (κ3) is 8.19. The van der Waals surface area contributed by atoms with Gasteiger partial charge in [-0.3, -0.25) is 9.79 Å². The Labute approximate surface area is 92.5 Å². The average Bonchev–Trinajstić information content (AvgIpc) is 2.16. The fourth-order valence-corrected chi connectivity index (χ4v) is 2.53. The van der Waals surface area contributed by atoms with Crippen molar-refractivity contribution in [3.05, 3.63) is 12.2 Å². The van der Waals surface area contributed by atoms with Gasteiger partial charge in [0.25, 0.3) is 0 Å². The van der Waals surface area contributed by atoms with Gasteiger partial charge in [-0.05, 0) is 23.3 Å². The van der Waals surface area contributed by atoms with Crippen molar-refractivity contribution in [3.8, 4) is 0 Å². The van der Waals surface area contributed by atoms with Crippen LogP contribution in [0.2, 0.25) is 0 Å². The van der Waals surface area contributed by atoms with Crippen LogP contribution in [0.25, 0.3) is 0 Å². The van der Waals surface area contributed by atoms with Gasteiger partial charge in [-0.15, -0.1) is 0 Å². The van der Waals surface area contributed by atoms with Crippen molar-refractivity contribution in [3.63, 3.8) is 0 Å². The molecule has 5 heteroatoms. The van der Waals surface area contributed by atoms with Crippen molar-refractivity contribution in [2.24, 2.45) is 4.99 Å². The van der Waals surface area contributed by atoms with Gasteiger partial charge in [0.1, 0.15) is 5.04 Å². The Morgan fingerprint density at radius 3 is 2.79 bits per heavy atom. The minimum atomic E-state index is -0.753. The molecular formula is C9H15NO2S2. The number of rotatable bonds is 6. The summed E-state index contributed by atoms with van der Waals surface area (Å²) >= 11 is 0. The Morgan fingerprint density at radius 1 is 1.57 bits per heavy atom. The number of nitrogens with zero attached hydrogens (tertiary/aromatic N) is 1. The van der Waals surface area contributed by atoms with Crippen LogP contribution in [0.5, 0.6) is 0 Å². The van der Waals surface area contributed by atoms with Crippen molar-refractivity contribution in [1.29, 1.82) is 0 Å². The van der Waals surface area contributed by atoms with Gasteiger partial charge < -0.3 is 5.11 Å². The minimum Gasteiger partial charge on any atom is -0.481 e. The lowest BCUT2D eigenvalue weighted by Gasteiger charge is -1.98. The zero-order chi connectivity index (χ0) is 10.8. The molecule has 0 amide bonds. The van der Waals surface area contributed by atoms with Gasteiger partial charge in [-0.1, -0.05) is 23.8 Å². The second kappa shape index (κ2) is 9.15. The molecule has 0 saturated carbocycles. The van der Waals surface area contributed by atoms with E-state index in [4.69, 9.17) is 5.11 Å².